The van der Waals surface area contributed by atoms with Crippen molar-refractivity contribution in [2.24, 2.45) is 0 Å². The summed E-state index contributed by atoms with van der Waals surface area (Å²) in [5.41, 5.74) is 0. The molecule has 1 rings (SSSR count). The largest absolute Gasteiger partial charge is 0.466 e. The van der Waals surface area contributed by atoms with Gasteiger partial charge in [0.15, 0.2) is 9.84 Å². The van der Waals surface area contributed by atoms with Gasteiger partial charge in [-0.1, -0.05) is 0 Å². The van der Waals surface area contributed by atoms with Crippen LogP contribution in [0.5, 0.6) is 0 Å². The average Bonchev–Trinajstić information content (AvgIpc) is 2.51. The second-order valence-electron chi connectivity index (χ2n) is 4.23. The molecule has 16 heavy (non-hydrogen) atoms. The standard InChI is InChI=1S/C10H16BrNO3S/c1-10(2,16(4,13)14)9(12-3)8-7(11)5-6-15-8/h5-6,9,12H,1-4H3. The minimum Gasteiger partial charge on any atom is -0.466 e. The molecule has 0 saturated heterocycles. The molecule has 92 valence electrons. The highest BCUT2D eigenvalue weighted by molar-refractivity contribution is 9.10. The Labute approximate surface area is 104 Å². The van der Waals surface area contributed by atoms with Crippen molar-refractivity contribution in [3.8, 4) is 0 Å². The molecule has 1 N–H and O–H groups in total. The van der Waals surface area contributed by atoms with Crippen molar-refractivity contribution in [1.82, 2.24) is 5.32 Å². The van der Waals surface area contributed by atoms with Crippen LogP contribution in [0.3, 0.4) is 0 Å². The van der Waals surface area contributed by atoms with Gasteiger partial charge in [-0.2, -0.15) is 0 Å². The first kappa shape index (κ1) is 13.7. The van der Waals surface area contributed by atoms with Gasteiger partial charge in [-0.3, -0.25) is 0 Å². The van der Waals surface area contributed by atoms with Crippen LogP contribution in [-0.4, -0.2) is 26.5 Å². The van der Waals surface area contributed by atoms with Crippen molar-refractivity contribution in [2.45, 2.75) is 24.6 Å². The fourth-order valence-electron chi connectivity index (χ4n) is 1.52. The van der Waals surface area contributed by atoms with Gasteiger partial charge in [-0.05, 0) is 42.9 Å². The summed E-state index contributed by atoms with van der Waals surface area (Å²) in [5, 5.41) is 2.99. The SMILES string of the molecule is CNC(c1occc1Br)C(C)(C)S(C)(=O)=O. The predicted molar refractivity (Wildman–Crippen MR) is 67.1 cm³/mol. The summed E-state index contributed by atoms with van der Waals surface area (Å²) in [4.78, 5) is 0. The molecule has 0 aromatic carbocycles. The number of halogens is 1. The third kappa shape index (κ3) is 2.33. The number of hydrogen-bond acceptors (Lipinski definition) is 4. The zero-order valence-electron chi connectivity index (χ0n) is 9.74. The maximum Gasteiger partial charge on any atom is 0.154 e. The van der Waals surface area contributed by atoms with Crippen LogP contribution in [0.25, 0.3) is 0 Å². The van der Waals surface area contributed by atoms with Crippen LogP contribution in [0.15, 0.2) is 21.2 Å². The molecule has 0 aliphatic rings. The lowest BCUT2D eigenvalue weighted by molar-refractivity contribution is 0.367. The van der Waals surface area contributed by atoms with E-state index in [0.717, 1.165) is 4.47 Å². The molecule has 0 aliphatic heterocycles. The Kier molecular flexibility index (Phi) is 3.87. The molecule has 1 aromatic rings. The smallest absolute Gasteiger partial charge is 0.154 e. The quantitative estimate of drug-likeness (QED) is 0.925. The molecule has 4 nitrogen and oxygen atoms in total. The highest BCUT2D eigenvalue weighted by Crippen LogP contribution is 2.35. The van der Waals surface area contributed by atoms with Gasteiger partial charge < -0.3 is 9.73 Å². The fourth-order valence-corrected chi connectivity index (χ4v) is 2.60. The molecule has 0 bridgehead atoms. The lowest BCUT2D eigenvalue weighted by Crippen LogP contribution is -2.43. The van der Waals surface area contributed by atoms with E-state index in [4.69, 9.17) is 4.42 Å². The van der Waals surface area contributed by atoms with Crippen LogP contribution in [0, 0.1) is 0 Å². The summed E-state index contributed by atoms with van der Waals surface area (Å²) in [5.74, 6) is 0.595. The van der Waals surface area contributed by atoms with Gasteiger partial charge in [0.05, 0.1) is 21.5 Å². The molecule has 0 spiro atoms. The molecule has 1 heterocycles. The van der Waals surface area contributed by atoms with Crippen molar-refractivity contribution in [3.05, 3.63) is 22.6 Å². The molecule has 1 aromatic heterocycles. The Morgan fingerprint density at radius 1 is 1.50 bits per heavy atom. The number of furan rings is 1. The summed E-state index contributed by atoms with van der Waals surface area (Å²) >= 11 is 3.34. The van der Waals surface area contributed by atoms with Crippen molar-refractivity contribution in [1.29, 1.82) is 0 Å². The zero-order valence-corrected chi connectivity index (χ0v) is 12.1. The van der Waals surface area contributed by atoms with Crippen molar-refractivity contribution >= 4 is 25.8 Å². The van der Waals surface area contributed by atoms with E-state index in [1.165, 1.54) is 12.5 Å². The van der Waals surface area contributed by atoms with Gasteiger partial charge in [0.1, 0.15) is 5.76 Å². The van der Waals surface area contributed by atoms with Crippen molar-refractivity contribution < 1.29 is 12.8 Å². The van der Waals surface area contributed by atoms with Gasteiger partial charge in [-0.25, -0.2) is 8.42 Å². The molecule has 0 radical (unpaired) electrons. The molecular weight excluding hydrogens is 294 g/mol. The maximum atomic E-state index is 11.8. The first-order valence-corrected chi connectivity index (χ1v) is 7.50. The van der Waals surface area contributed by atoms with E-state index >= 15 is 0 Å². The second-order valence-corrected chi connectivity index (χ2v) is 7.68. The van der Waals surface area contributed by atoms with Gasteiger partial charge in [-0.15, -0.1) is 0 Å². The molecule has 0 amide bonds. The van der Waals surface area contributed by atoms with Gasteiger partial charge in [0.25, 0.3) is 0 Å². The summed E-state index contributed by atoms with van der Waals surface area (Å²) in [6.45, 7) is 3.36. The molecule has 1 atom stereocenters. The first-order chi connectivity index (χ1) is 7.21. The van der Waals surface area contributed by atoms with Crippen LogP contribution in [0.1, 0.15) is 25.6 Å². The molecule has 0 fully saturated rings. The topological polar surface area (TPSA) is 59.3 Å². The van der Waals surface area contributed by atoms with Crippen LogP contribution in [0.2, 0.25) is 0 Å². The Bertz CT molecular complexity index is 464. The summed E-state index contributed by atoms with van der Waals surface area (Å²) in [7, 11) is -1.48. The summed E-state index contributed by atoms with van der Waals surface area (Å²) in [6, 6.07) is 1.35. The summed E-state index contributed by atoms with van der Waals surface area (Å²) < 4.78 is 28.7. The van der Waals surface area contributed by atoms with Gasteiger partial charge in [0, 0.05) is 6.26 Å². The first-order valence-electron chi connectivity index (χ1n) is 4.81. The van der Waals surface area contributed by atoms with E-state index in [-0.39, 0.29) is 0 Å². The second kappa shape index (κ2) is 4.50. The maximum absolute atomic E-state index is 11.8. The zero-order chi connectivity index (χ0) is 12.6. The Balaban J connectivity index is 3.24. The van der Waals surface area contributed by atoms with Crippen LogP contribution in [-0.2, 0) is 9.84 Å². The Hall–Kier alpha value is -0.330. The minimum absolute atomic E-state index is 0.396. The van der Waals surface area contributed by atoms with E-state index in [2.05, 4.69) is 21.2 Å². The lowest BCUT2D eigenvalue weighted by Gasteiger charge is -2.31. The molecule has 1 unspecified atom stereocenters. The predicted octanol–water partition coefficient (Wildman–Crippen LogP) is 2.13. The highest BCUT2D eigenvalue weighted by atomic mass is 79.9. The van der Waals surface area contributed by atoms with Crippen LogP contribution in [0.4, 0.5) is 0 Å². The third-order valence-corrected chi connectivity index (χ3v) is 5.65. The average molecular weight is 310 g/mol. The molecule has 6 heteroatoms. The highest BCUT2D eigenvalue weighted by Gasteiger charge is 2.41. The Morgan fingerprint density at radius 3 is 2.38 bits per heavy atom. The number of rotatable bonds is 4. The minimum atomic E-state index is -3.20. The van der Waals surface area contributed by atoms with E-state index in [1.54, 1.807) is 27.0 Å². The van der Waals surface area contributed by atoms with E-state index in [1.807, 2.05) is 0 Å². The molecule has 0 saturated carbocycles. The molecule has 0 aliphatic carbocycles. The third-order valence-electron chi connectivity index (χ3n) is 2.85. The van der Waals surface area contributed by atoms with Crippen molar-refractivity contribution in [3.63, 3.8) is 0 Å². The monoisotopic (exact) mass is 309 g/mol. The lowest BCUT2D eigenvalue weighted by atomic mass is 10.0. The van der Waals surface area contributed by atoms with Crippen molar-refractivity contribution in [2.75, 3.05) is 13.3 Å². The van der Waals surface area contributed by atoms with Crippen LogP contribution < -0.4 is 5.32 Å². The number of nitrogens with one attached hydrogen (secondary N) is 1. The van der Waals surface area contributed by atoms with E-state index in [9.17, 15) is 8.42 Å². The normalized spacial score (nSPS) is 15.1. The van der Waals surface area contributed by atoms with E-state index in [0.29, 0.717) is 5.76 Å². The number of hydrogen-bond donors (Lipinski definition) is 1. The fraction of sp³-hybridized carbons (Fsp3) is 0.600. The van der Waals surface area contributed by atoms with E-state index < -0.39 is 20.6 Å². The molecular formula is C10H16BrNO3S. The van der Waals surface area contributed by atoms with Gasteiger partial charge in [0.2, 0.25) is 0 Å². The number of sulfone groups is 1. The summed E-state index contributed by atoms with van der Waals surface area (Å²) in [6.07, 6.45) is 2.76. The van der Waals surface area contributed by atoms with Gasteiger partial charge >= 0.3 is 0 Å². The van der Waals surface area contributed by atoms with Crippen LogP contribution >= 0.6 is 15.9 Å². The Morgan fingerprint density at radius 2 is 2.06 bits per heavy atom.